The molecule has 1 aromatic carbocycles. The monoisotopic (exact) mass is 466 g/mol. The maximum Gasteiger partial charge on any atom is 0.191 e. The van der Waals surface area contributed by atoms with Gasteiger partial charge in [-0.2, -0.15) is 0 Å². The molecular weight excluding hydrogens is 435 g/mol. The molecule has 0 amide bonds. The number of aliphatic imine (C=N–C) groups is 1. The molecule has 0 aliphatic rings. The van der Waals surface area contributed by atoms with Crippen molar-refractivity contribution in [3.05, 3.63) is 65.5 Å². The Morgan fingerprint density at radius 1 is 1.08 bits per heavy atom. The molecule has 142 valence electrons. The van der Waals surface area contributed by atoms with Gasteiger partial charge in [0.1, 0.15) is 0 Å². The van der Waals surface area contributed by atoms with Crippen molar-refractivity contribution in [2.75, 3.05) is 13.6 Å². The van der Waals surface area contributed by atoms with Crippen molar-refractivity contribution in [3.63, 3.8) is 0 Å². The van der Waals surface area contributed by atoms with Crippen molar-refractivity contribution < 1.29 is 0 Å². The fourth-order valence-electron chi connectivity index (χ4n) is 2.77. The molecule has 1 heterocycles. The zero-order valence-corrected chi connectivity index (χ0v) is 18.5. The highest BCUT2D eigenvalue weighted by molar-refractivity contribution is 14.0. The molecule has 2 aromatic rings. The molecule has 0 aliphatic carbocycles. The number of halogens is 1. The van der Waals surface area contributed by atoms with E-state index < -0.39 is 0 Å². The summed E-state index contributed by atoms with van der Waals surface area (Å²) in [6, 6.07) is 13.1. The molecule has 1 atom stereocenters. The number of pyridine rings is 1. The zero-order chi connectivity index (χ0) is 18.1. The highest BCUT2D eigenvalue weighted by atomic mass is 127. The summed E-state index contributed by atoms with van der Waals surface area (Å²) in [7, 11) is 1.80. The van der Waals surface area contributed by atoms with Gasteiger partial charge in [0.25, 0.3) is 0 Å². The molecule has 0 fully saturated rings. The normalized spacial score (nSPS) is 12.4. The van der Waals surface area contributed by atoms with Crippen LogP contribution >= 0.6 is 24.0 Å². The van der Waals surface area contributed by atoms with Gasteiger partial charge in [-0.05, 0) is 48.4 Å². The molecule has 4 nitrogen and oxygen atoms in total. The van der Waals surface area contributed by atoms with E-state index in [1.165, 1.54) is 16.7 Å². The molecule has 0 saturated heterocycles. The van der Waals surface area contributed by atoms with Gasteiger partial charge in [-0.15, -0.1) is 24.0 Å². The summed E-state index contributed by atoms with van der Waals surface area (Å²) >= 11 is 0. The second-order valence-electron chi connectivity index (χ2n) is 6.82. The van der Waals surface area contributed by atoms with E-state index in [9.17, 15) is 0 Å². The van der Waals surface area contributed by atoms with E-state index in [4.69, 9.17) is 0 Å². The summed E-state index contributed by atoms with van der Waals surface area (Å²) in [4.78, 5) is 8.46. The lowest BCUT2D eigenvalue weighted by Crippen LogP contribution is -2.39. The molecule has 0 saturated carbocycles. The number of guanidine groups is 1. The maximum absolute atomic E-state index is 4.32. The Morgan fingerprint density at radius 3 is 2.38 bits per heavy atom. The molecule has 26 heavy (non-hydrogen) atoms. The first-order valence-electron chi connectivity index (χ1n) is 9.03. The first-order valence-corrected chi connectivity index (χ1v) is 9.03. The van der Waals surface area contributed by atoms with Crippen molar-refractivity contribution >= 4 is 29.9 Å². The molecule has 0 spiro atoms. The molecule has 2 rings (SSSR count). The molecule has 2 N–H and O–H groups in total. The molecule has 0 bridgehead atoms. The van der Waals surface area contributed by atoms with Crippen LogP contribution in [0.25, 0.3) is 0 Å². The Kier molecular flexibility index (Phi) is 10.2. The van der Waals surface area contributed by atoms with Gasteiger partial charge in [-0.3, -0.25) is 9.98 Å². The van der Waals surface area contributed by atoms with E-state index in [0.717, 1.165) is 25.3 Å². The fraction of sp³-hybridized carbons (Fsp3) is 0.429. The smallest absolute Gasteiger partial charge is 0.191 e. The van der Waals surface area contributed by atoms with Crippen LogP contribution in [0.2, 0.25) is 0 Å². The van der Waals surface area contributed by atoms with Gasteiger partial charge in [-0.1, -0.05) is 44.2 Å². The Morgan fingerprint density at radius 2 is 1.81 bits per heavy atom. The number of nitrogens with zero attached hydrogens (tertiary/aromatic N) is 2. The number of hydrogen-bond donors (Lipinski definition) is 2. The van der Waals surface area contributed by atoms with E-state index in [1.54, 1.807) is 13.2 Å². The summed E-state index contributed by atoms with van der Waals surface area (Å²) < 4.78 is 0. The first kappa shape index (κ1) is 22.4. The lowest BCUT2D eigenvalue weighted by atomic mass is 10.00. The third-order valence-corrected chi connectivity index (χ3v) is 4.13. The Balaban J connectivity index is 0.00000338. The zero-order valence-electron chi connectivity index (χ0n) is 16.2. The number of benzene rings is 1. The van der Waals surface area contributed by atoms with Gasteiger partial charge in [0, 0.05) is 26.0 Å². The van der Waals surface area contributed by atoms with Crippen molar-refractivity contribution in [3.8, 4) is 0 Å². The Hall–Kier alpha value is -1.63. The third kappa shape index (κ3) is 7.72. The molecule has 5 heteroatoms. The minimum Gasteiger partial charge on any atom is -0.356 e. The summed E-state index contributed by atoms with van der Waals surface area (Å²) in [5, 5.41) is 6.82. The predicted octanol–water partition coefficient (Wildman–Crippen LogP) is 4.37. The van der Waals surface area contributed by atoms with Crippen molar-refractivity contribution in [1.29, 1.82) is 0 Å². The maximum atomic E-state index is 4.32. The summed E-state index contributed by atoms with van der Waals surface area (Å²) in [6.45, 7) is 7.48. The van der Waals surface area contributed by atoms with Crippen molar-refractivity contribution in [1.82, 2.24) is 15.6 Å². The second kappa shape index (κ2) is 11.9. The minimum atomic E-state index is 0. The molecule has 0 radical (unpaired) electrons. The lowest BCUT2D eigenvalue weighted by molar-refractivity contribution is 0.645. The van der Waals surface area contributed by atoms with Gasteiger partial charge >= 0.3 is 0 Å². The van der Waals surface area contributed by atoms with Crippen molar-refractivity contribution in [2.45, 2.75) is 39.7 Å². The summed E-state index contributed by atoms with van der Waals surface area (Å²) in [6.07, 6.45) is 5.75. The van der Waals surface area contributed by atoms with Crippen molar-refractivity contribution in [2.24, 2.45) is 10.9 Å². The second-order valence-corrected chi connectivity index (χ2v) is 6.82. The topological polar surface area (TPSA) is 49.3 Å². The van der Waals surface area contributed by atoms with Gasteiger partial charge in [0.2, 0.25) is 0 Å². The van der Waals surface area contributed by atoms with E-state index in [2.05, 4.69) is 71.7 Å². The highest BCUT2D eigenvalue weighted by Crippen LogP contribution is 2.15. The molecule has 1 aromatic heterocycles. The van der Waals surface area contributed by atoms with Crippen LogP contribution < -0.4 is 10.6 Å². The van der Waals surface area contributed by atoms with Gasteiger partial charge in [-0.25, -0.2) is 0 Å². The van der Waals surface area contributed by atoms with E-state index in [-0.39, 0.29) is 30.0 Å². The first-order chi connectivity index (χ1) is 12.1. The number of aromatic nitrogens is 1. The van der Waals surface area contributed by atoms with Crippen LogP contribution in [0.4, 0.5) is 0 Å². The fourth-order valence-corrected chi connectivity index (χ4v) is 2.77. The highest BCUT2D eigenvalue weighted by Gasteiger charge is 2.08. The van der Waals surface area contributed by atoms with E-state index >= 15 is 0 Å². The number of rotatable bonds is 7. The SMILES string of the molecule is CN=C(NCCc1cccnc1)NC(C)c1ccc(CC(C)C)cc1.I. The van der Waals surface area contributed by atoms with Crippen LogP contribution in [-0.2, 0) is 12.8 Å². The summed E-state index contributed by atoms with van der Waals surface area (Å²) in [5.74, 6) is 1.51. The van der Waals surface area contributed by atoms with Gasteiger partial charge in [0.15, 0.2) is 5.96 Å². The van der Waals surface area contributed by atoms with E-state index in [0.29, 0.717) is 5.92 Å². The van der Waals surface area contributed by atoms with Crippen LogP contribution in [0.5, 0.6) is 0 Å². The van der Waals surface area contributed by atoms with Crippen LogP contribution in [0.3, 0.4) is 0 Å². The quantitative estimate of drug-likeness (QED) is 0.362. The largest absolute Gasteiger partial charge is 0.356 e. The Labute approximate surface area is 174 Å². The molecular formula is C21H31IN4. The average molecular weight is 466 g/mol. The number of hydrogen-bond acceptors (Lipinski definition) is 2. The van der Waals surface area contributed by atoms with Crippen LogP contribution in [0, 0.1) is 5.92 Å². The average Bonchev–Trinajstić information content (AvgIpc) is 2.61. The van der Waals surface area contributed by atoms with Gasteiger partial charge in [0.05, 0.1) is 6.04 Å². The van der Waals surface area contributed by atoms with Crippen LogP contribution in [0.15, 0.2) is 53.8 Å². The van der Waals surface area contributed by atoms with E-state index in [1.807, 2.05) is 12.3 Å². The third-order valence-electron chi connectivity index (χ3n) is 4.13. The van der Waals surface area contributed by atoms with Crippen LogP contribution in [0.1, 0.15) is 43.5 Å². The van der Waals surface area contributed by atoms with Gasteiger partial charge < -0.3 is 10.6 Å². The lowest BCUT2D eigenvalue weighted by Gasteiger charge is -2.19. The molecule has 1 unspecified atom stereocenters. The van der Waals surface area contributed by atoms with Crippen LogP contribution in [-0.4, -0.2) is 24.5 Å². The minimum absolute atomic E-state index is 0. The molecule has 0 aliphatic heterocycles. The Bertz CT molecular complexity index is 653. The predicted molar refractivity (Wildman–Crippen MR) is 121 cm³/mol. The summed E-state index contributed by atoms with van der Waals surface area (Å²) in [5.41, 5.74) is 3.88. The number of nitrogens with one attached hydrogen (secondary N) is 2. The standard InChI is InChI=1S/C21H30N4.HI/c1-16(2)14-18-7-9-20(10-8-18)17(3)25-21(22-4)24-13-11-19-6-5-12-23-15-19;/h5-10,12,15-17H,11,13-14H2,1-4H3,(H2,22,24,25);1H.